The highest BCUT2D eigenvalue weighted by Crippen LogP contribution is 2.27. The van der Waals surface area contributed by atoms with Crippen LogP contribution in [0.5, 0.6) is 0 Å². The van der Waals surface area contributed by atoms with E-state index in [0.29, 0.717) is 11.2 Å². The van der Waals surface area contributed by atoms with Gasteiger partial charge in [-0.05, 0) is 6.42 Å². The Morgan fingerprint density at radius 3 is 2.36 bits per heavy atom. The topological polar surface area (TPSA) is 66.2 Å². The highest BCUT2D eigenvalue weighted by molar-refractivity contribution is 5.75. The molecule has 0 spiro atoms. The molecule has 0 unspecified atom stereocenters. The van der Waals surface area contributed by atoms with E-state index in [9.17, 15) is 9.59 Å². The average Bonchev–Trinajstić information content (AvgIpc) is 3.07. The second-order valence-corrected chi connectivity index (χ2v) is 7.78. The molecule has 0 aliphatic heterocycles. The van der Waals surface area contributed by atoms with Crippen LogP contribution in [0.15, 0.2) is 15.8 Å². The number of rotatable bonds is 4. The largest absolute Gasteiger partial charge is 0.332 e. The van der Waals surface area contributed by atoms with E-state index in [4.69, 9.17) is 0 Å². The molecule has 3 aromatic rings. The van der Waals surface area contributed by atoms with Gasteiger partial charge in [-0.15, -0.1) is 0 Å². The lowest BCUT2D eigenvalue weighted by Crippen LogP contribution is -2.37. The average molecular weight is 345 g/mol. The van der Waals surface area contributed by atoms with Crippen molar-refractivity contribution in [2.45, 2.75) is 58.9 Å². The lowest BCUT2D eigenvalue weighted by molar-refractivity contribution is 0.506. The van der Waals surface area contributed by atoms with Crippen LogP contribution in [0.1, 0.15) is 52.7 Å². The third-order valence-corrected chi connectivity index (χ3v) is 4.81. The molecule has 3 heterocycles. The van der Waals surface area contributed by atoms with Crippen molar-refractivity contribution in [2.24, 2.45) is 14.1 Å². The Hall–Kier alpha value is -2.31. The van der Waals surface area contributed by atoms with Gasteiger partial charge in [0, 0.05) is 37.9 Å². The van der Waals surface area contributed by atoms with Gasteiger partial charge < -0.3 is 4.57 Å². The van der Waals surface area contributed by atoms with Crippen LogP contribution in [0.25, 0.3) is 16.9 Å². The monoisotopic (exact) mass is 345 g/mol. The van der Waals surface area contributed by atoms with Gasteiger partial charge in [0.2, 0.25) is 5.78 Å². The van der Waals surface area contributed by atoms with E-state index in [1.165, 1.54) is 11.6 Å². The Kier molecular flexibility index (Phi) is 4.13. The first-order valence-corrected chi connectivity index (χ1v) is 8.86. The predicted octanol–water partition coefficient (Wildman–Crippen LogP) is 2.17. The molecule has 0 fully saturated rings. The van der Waals surface area contributed by atoms with E-state index in [-0.39, 0.29) is 16.7 Å². The zero-order chi connectivity index (χ0) is 18.5. The van der Waals surface area contributed by atoms with Crippen LogP contribution in [0.2, 0.25) is 0 Å². The van der Waals surface area contributed by atoms with Crippen LogP contribution >= 0.6 is 0 Å². The summed E-state index contributed by atoms with van der Waals surface area (Å²) in [5.41, 5.74) is 1.31. The molecule has 0 saturated heterocycles. The van der Waals surface area contributed by atoms with Gasteiger partial charge in [-0.2, -0.15) is 4.98 Å². The maximum absolute atomic E-state index is 12.7. The number of aromatic nitrogens is 5. The molecule has 3 rings (SSSR count). The molecule has 7 heteroatoms. The van der Waals surface area contributed by atoms with Crippen LogP contribution in [0.4, 0.5) is 0 Å². The number of nitrogens with zero attached hydrogens (tertiary/aromatic N) is 5. The van der Waals surface area contributed by atoms with Crippen molar-refractivity contribution >= 4 is 16.9 Å². The van der Waals surface area contributed by atoms with Crippen molar-refractivity contribution in [3.05, 3.63) is 32.7 Å². The van der Waals surface area contributed by atoms with Gasteiger partial charge in [0.1, 0.15) is 0 Å². The van der Waals surface area contributed by atoms with E-state index in [1.54, 1.807) is 7.05 Å². The molecular formula is C18H27N5O2. The molecule has 0 aliphatic rings. The van der Waals surface area contributed by atoms with Crippen molar-refractivity contribution in [2.75, 3.05) is 0 Å². The van der Waals surface area contributed by atoms with Gasteiger partial charge in [-0.3, -0.25) is 18.3 Å². The summed E-state index contributed by atoms with van der Waals surface area (Å²) in [6.45, 7) is 9.52. The maximum Gasteiger partial charge on any atom is 0.332 e. The minimum atomic E-state index is -0.355. The molecule has 0 saturated carbocycles. The zero-order valence-electron chi connectivity index (χ0n) is 16.0. The number of fused-ring (bicyclic) bond motifs is 3. The number of hydrogen-bond donors (Lipinski definition) is 0. The van der Waals surface area contributed by atoms with Gasteiger partial charge in [-0.25, -0.2) is 4.79 Å². The first-order valence-electron chi connectivity index (χ1n) is 8.86. The highest BCUT2D eigenvalue weighted by atomic mass is 16.2. The summed E-state index contributed by atoms with van der Waals surface area (Å²) in [7, 11) is 3.16. The summed E-state index contributed by atoms with van der Waals surface area (Å²) in [6, 6.07) is 0. The molecule has 0 radical (unpaired) electrons. The molecule has 7 nitrogen and oxygen atoms in total. The van der Waals surface area contributed by atoms with Crippen LogP contribution in [-0.2, 0) is 26.1 Å². The van der Waals surface area contributed by atoms with E-state index in [2.05, 4.69) is 37.2 Å². The molecular weight excluding hydrogens is 318 g/mol. The number of hydrogen-bond acceptors (Lipinski definition) is 3. The van der Waals surface area contributed by atoms with Gasteiger partial charge in [0.25, 0.3) is 5.56 Å². The quantitative estimate of drug-likeness (QED) is 0.681. The Morgan fingerprint density at radius 2 is 1.76 bits per heavy atom. The molecule has 136 valence electrons. The van der Waals surface area contributed by atoms with E-state index in [1.807, 2.05) is 10.6 Å². The second kappa shape index (κ2) is 5.89. The van der Waals surface area contributed by atoms with Gasteiger partial charge in [-0.1, -0.05) is 40.5 Å². The van der Waals surface area contributed by atoms with E-state index >= 15 is 0 Å². The molecule has 0 amide bonds. The summed E-state index contributed by atoms with van der Waals surface area (Å²) in [5.74, 6) is 0.731. The molecule has 25 heavy (non-hydrogen) atoms. The molecule has 0 aromatic carbocycles. The van der Waals surface area contributed by atoms with Crippen molar-refractivity contribution in [1.82, 2.24) is 23.1 Å². The molecule has 0 aliphatic carbocycles. The van der Waals surface area contributed by atoms with Crippen LogP contribution in [-0.4, -0.2) is 23.1 Å². The van der Waals surface area contributed by atoms with Crippen molar-refractivity contribution in [1.29, 1.82) is 0 Å². The Balaban J connectivity index is 2.39. The summed E-state index contributed by atoms with van der Waals surface area (Å²) in [6.07, 6.45) is 5.36. The van der Waals surface area contributed by atoms with E-state index in [0.717, 1.165) is 41.8 Å². The predicted molar refractivity (Wildman–Crippen MR) is 99.4 cm³/mol. The lowest BCUT2D eigenvalue weighted by atomic mass is 9.92. The summed E-state index contributed by atoms with van der Waals surface area (Å²) in [4.78, 5) is 29.5. The van der Waals surface area contributed by atoms with Crippen LogP contribution in [0.3, 0.4) is 0 Å². The van der Waals surface area contributed by atoms with Crippen molar-refractivity contribution in [3.8, 4) is 0 Å². The van der Waals surface area contributed by atoms with Gasteiger partial charge in [0.05, 0.1) is 0 Å². The fourth-order valence-corrected chi connectivity index (χ4v) is 3.35. The molecule has 3 aromatic heterocycles. The molecule has 0 atom stereocenters. The number of aryl methyl sites for hydroxylation is 2. The SMILES string of the molecule is CCCCCn1c(C(C)(C)C)cn2c3c(=O)n(C)c(=O)n(C)c3nc12. The minimum absolute atomic E-state index is 0.0643. The second-order valence-electron chi connectivity index (χ2n) is 7.78. The summed E-state index contributed by atoms with van der Waals surface area (Å²) >= 11 is 0. The van der Waals surface area contributed by atoms with Crippen molar-refractivity contribution in [3.63, 3.8) is 0 Å². The third-order valence-electron chi connectivity index (χ3n) is 4.81. The first kappa shape index (κ1) is 17.5. The number of imidazole rings is 2. The third kappa shape index (κ3) is 2.62. The standard InChI is InChI=1S/C18H27N5O2/c1-7-8-9-10-22-12(18(2,3)4)11-23-13-14(19-16(22)23)20(5)17(25)21(6)15(13)24/h11H,7-10H2,1-6H3. The molecule has 0 bridgehead atoms. The first-order chi connectivity index (χ1) is 11.7. The van der Waals surface area contributed by atoms with Crippen molar-refractivity contribution < 1.29 is 0 Å². The summed E-state index contributed by atoms with van der Waals surface area (Å²) < 4.78 is 6.63. The minimum Gasteiger partial charge on any atom is -0.313 e. The summed E-state index contributed by atoms with van der Waals surface area (Å²) in [5, 5.41) is 0. The Labute approximate surface area is 146 Å². The van der Waals surface area contributed by atoms with Crippen LogP contribution < -0.4 is 11.2 Å². The zero-order valence-corrected chi connectivity index (χ0v) is 16.0. The normalized spacial score (nSPS) is 12.6. The Bertz CT molecular complexity index is 1060. The number of unbranched alkanes of at least 4 members (excludes halogenated alkanes) is 2. The fraction of sp³-hybridized carbons (Fsp3) is 0.611. The van der Waals surface area contributed by atoms with E-state index < -0.39 is 0 Å². The van der Waals surface area contributed by atoms with Crippen LogP contribution in [0, 0.1) is 0 Å². The lowest BCUT2D eigenvalue weighted by Gasteiger charge is -2.20. The van der Waals surface area contributed by atoms with Gasteiger partial charge >= 0.3 is 5.69 Å². The highest BCUT2D eigenvalue weighted by Gasteiger charge is 2.25. The fourth-order valence-electron chi connectivity index (χ4n) is 3.35. The molecule has 0 N–H and O–H groups in total. The maximum atomic E-state index is 12.7. The smallest absolute Gasteiger partial charge is 0.313 e. The van der Waals surface area contributed by atoms with Gasteiger partial charge in [0.15, 0.2) is 11.2 Å². The Morgan fingerprint density at radius 1 is 1.08 bits per heavy atom.